The number of hydrogen-bond acceptors (Lipinski definition) is 6. The molecule has 0 aliphatic carbocycles. The number of benzene rings is 1. The van der Waals surface area contributed by atoms with Gasteiger partial charge in [0.05, 0.1) is 5.69 Å². The summed E-state index contributed by atoms with van der Waals surface area (Å²) in [5.41, 5.74) is 1.36. The van der Waals surface area contributed by atoms with Gasteiger partial charge in [-0.1, -0.05) is 0 Å². The van der Waals surface area contributed by atoms with E-state index in [1.165, 1.54) is 13.1 Å². The topological polar surface area (TPSA) is 65.4 Å². The predicted molar refractivity (Wildman–Crippen MR) is 101 cm³/mol. The summed E-state index contributed by atoms with van der Waals surface area (Å²) < 4.78 is 0. The van der Waals surface area contributed by atoms with Crippen molar-refractivity contribution in [3.63, 3.8) is 0 Å². The number of likely N-dealkylation sites (tertiary alicyclic amines) is 1. The fourth-order valence-electron chi connectivity index (χ4n) is 4.38. The molecule has 0 bridgehead atoms. The normalized spacial score (nSPS) is 22.9. The third kappa shape index (κ3) is 2.57. The summed E-state index contributed by atoms with van der Waals surface area (Å²) in [5, 5.41) is 21.1. The first kappa shape index (κ1) is 15.5. The van der Waals surface area contributed by atoms with Gasteiger partial charge in [-0.05, 0) is 54.6 Å². The Bertz CT molecular complexity index is 944. The van der Waals surface area contributed by atoms with Gasteiger partial charge >= 0.3 is 0 Å². The van der Waals surface area contributed by atoms with Gasteiger partial charge in [-0.15, -0.1) is 10.2 Å². The first-order chi connectivity index (χ1) is 12.7. The van der Waals surface area contributed by atoms with Crippen LogP contribution in [0.3, 0.4) is 0 Å². The molecular formula is C20H21N5O. The molecule has 2 fully saturated rings. The van der Waals surface area contributed by atoms with E-state index in [0.29, 0.717) is 11.3 Å². The van der Waals surface area contributed by atoms with Crippen LogP contribution < -0.4 is 4.90 Å². The lowest BCUT2D eigenvalue weighted by atomic mass is 10.0. The predicted octanol–water partition coefficient (Wildman–Crippen LogP) is 2.40. The molecule has 1 N–H and O–H groups in total. The van der Waals surface area contributed by atoms with E-state index in [0.717, 1.165) is 41.5 Å². The van der Waals surface area contributed by atoms with Gasteiger partial charge in [-0.3, -0.25) is 4.98 Å². The van der Waals surface area contributed by atoms with Crippen LogP contribution in [-0.2, 0) is 0 Å². The number of rotatable bonds is 2. The Labute approximate surface area is 152 Å². The number of aromatic hydroxyl groups is 1. The maximum Gasteiger partial charge on any atom is 0.151 e. The van der Waals surface area contributed by atoms with Crippen LogP contribution in [0.15, 0.2) is 42.7 Å². The third-order valence-electron chi connectivity index (χ3n) is 5.67. The lowest BCUT2D eigenvalue weighted by Gasteiger charge is -2.19. The largest absolute Gasteiger partial charge is 0.507 e. The molecule has 132 valence electrons. The van der Waals surface area contributed by atoms with E-state index >= 15 is 0 Å². The Morgan fingerprint density at radius 1 is 0.962 bits per heavy atom. The maximum absolute atomic E-state index is 10.4. The Morgan fingerprint density at radius 2 is 1.77 bits per heavy atom. The van der Waals surface area contributed by atoms with Gasteiger partial charge in [0, 0.05) is 49.5 Å². The Kier molecular flexibility index (Phi) is 3.53. The quantitative estimate of drug-likeness (QED) is 0.768. The van der Waals surface area contributed by atoms with Crippen LogP contribution in [-0.4, -0.2) is 58.4 Å². The van der Waals surface area contributed by atoms with E-state index in [9.17, 15) is 5.11 Å². The van der Waals surface area contributed by atoms with Crippen LogP contribution in [0.5, 0.6) is 5.75 Å². The monoisotopic (exact) mass is 347 g/mol. The summed E-state index contributed by atoms with van der Waals surface area (Å²) in [5.74, 6) is 2.61. The van der Waals surface area contributed by atoms with Crippen LogP contribution in [0.2, 0.25) is 0 Å². The molecular weight excluding hydrogens is 326 g/mol. The molecule has 0 saturated carbocycles. The molecule has 4 heterocycles. The van der Waals surface area contributed by atoms with Crippen molar-refractivity contribution in [3.8, 4) is 17.0 Å². The lowest BCUT2D eigenvalue weighted by Crippen LogP contribution is -2.27. The summed E-state index contributed by atoms with van der Waals surface area (Å²) in [6.07, 6.45) is 3.51. The highest BCUT2D eigenvalue weighted by Gasteiger charge is 2.39. The first-order valence-corrected chi connectivity index (χ1v) is 9.02. The molecule has 1 aromatic carbocycles. The summed E-state index contributed by atoms with van der Waals surface area (Å²) >= 11 is 0. The van der Waals surface area contributed by atoms with E-state index < -0.39 is 0 Å². The summed E-state index contributed by atoms with van der Waals surface area (Å²) in [7, 11) is 2.20. The lowest BCUT2D eigenvalue weighted by molar-refractivity contribution is 0.387. The van der Waals surface area contributed by atoms with E-state index in [4.69, 9.17) is 0 Å². The van der Waals surface area contributed by atoms with Gasteiger partial charge in [-0.25, -0.2) is 0 Å². The Morgan fingerprint density at radius 3 is 2.50 bits per heavy atom. The molecule has 2 aromatic heterocycles. The fourth-order valence-corrected chi connectivity index (χ4v) is 4.38. The van der Waals surface area contributed by atoms with Crippen molar-refractivity contribution in [2.45, 2.75) is 0 Å². The van der Waals surface area contributed by atoms with Crippen molar-refractivity contribution in [3.05, 3.63) is 42.7 Å². The molecule has 0 radical (unpaired) electrons. The van der Waals surface area contributed by atoms with Gasteiger partial charge in [-0.2, -0.15) is 0 Å². The van der Waals surface area contributed by atoms with Crippen molar-refractivity contribution < 1.29 is 5.11 Å². The molecule has 6 heteroatoms. The van der Waals surface area contributed by atoms with E-state index in [1.54, 1.807) is 18.5 Å². The van der Waals surface area contributed by atoms with Gasteiger partial charge in [0.25, 0.3) is 0 Å². The minimum Gasteiger partial charge on any atom is -0.507 e. The van der Waals surface area contributed by atoms with Gasteiger partial charge in [0.1, 0.15) is 5.75 Å². The number of phenolic OH excluding ortho intramolecular Hbond substituents is 1. The fraction of sp³-hybridized carbons (Fsp3) is 0.350. The molecule has 3 aromatic rings. The standard InChI is InChI=1S/C20H21N5O/c1-24-9-15-11-25(12-16(15)10-24)20-3-2-18(22-23-20)17-6-14-8-21-5-4-13(14)7-19(17)26/h2-8,15-16,26H,9-12H2,1H3. The smallest absolute Gasteiger partial charge is 0.151 e. The van der Waals surface area contributed by atoms with Crippen molar-refractivity contribution >= 4 is 16.6 Å². The second kappa shape index (κ2) is 5.92. The molecule has 6 nitrogen and oxygen atoms in total. The molecule has 2 unspecified atom stereocenters. The van der Waals surface area contributed by atoms with Crippen molar-refractivity contribution in [1.29, 1.82) is 0 Å². The van der Waals surface area contributed by atoms with Crippen molar-refractivity contribution in [2.24, 2.45) is 11.8 Å². The number of fused-ring (bicyclic) bond motifs is 2. The SMILES string of the molecule is CN1CC2CN(c3ccc(-c4cc5cnccc5cc4O)nn3)CC2C1. The first-order valence-electron chi connectivity index (χ1n) is 9.02. The number of phenols is 1. The second-order valence-corrected chi connectivity index (χ2v) is 7.52. The summed E-state index contributed by atoms with van der Waals surface area (Å²) in [6, 6.07) is 9.51. The molecule has 2 aliphatic rings. The summed E-state index contributed by atoms with van der Waals surface area (Å²) in [6.45, 7) is 4.45. The van der Waals surface area contributed by atoms with Crippen LogP contribution >= 0.6 is 0 Å². The summed E-state index contributed by atoms with van der Waals surface area (Å²) in [4.78, 5) is 8.90. The minimum atomic E-state index is 0.212. The molecule has 5 rings (SSSR count). The molecule has 2 saturated heterocycles. The van der Waals surface area contributed by atoms with Crippen LogP contribution in [0.4, 0.5) is 5.82 Å². The zero-order valence-electron chi connectivity index (χ0n) is 14.7. The van der Waals surface area contributed by atoms with Crippen molar-refractivity contribution in [2.75, 3.05) is 38.1 Å². The number of pyridine rings is 1. The van der Waals surface area contributed by atoms with Gasteiger partial charge in [0.2, 0.25) is 0 Å². The molecule has 0 amide bonds. The molecule has 2 atom stereocenters. The Balaban J connectivity index is 1.41. The average Bonchev–Trinajstić information content (AvgIpc) is 3.19. The molecule has 26 heavy (non-hydrogen) atoms. The zero-order chi connectivity index (χ0) is 17.7. The Hall–Kier alpha value is -2.73. The van der Waals surface area contributed by atoms with Crippen LogP contribution in [0.1, 0.15) is 0 Å². The number of aromatic nitrogens is 3. The highest BCUT2D eigenvalue weighted by atomic mass is 16.3. The zero-order valence-corrected chi connectivity index (χ0v) is 14.7. The highest BCUT2D eigenvalue weighted by molar-refractivity contribution is 5.89. The third-order valence-corrected chi connectivity index (χ3v) is 5.67. The van der Waals surface area contributed by atoms with E-state index in [2.05, 4.69) is 32.0 Å². The van der Waals surface area contributed by atoms with Crippen LogP contribution in [0, 0.1) is 11.8 Å². The maximum atomic E-state index is 10.4. The van der Waals surface area contributed by atoms with Crippen LogP contribution in [0.25, 0.3) is 22.0 Å². The molecule has 2 aliphatic heterocycles. The van der Waals surface area contributed by atoms with Crippen molar-refractivity contribution in [1.82, 2.24) is 20.1 Å². The number of nitrogens with zero attached hydrogens (tertiary/aromatic N) is 5. The van der Waals surface area contributed by atoms with Gasteiger partial charge in [0.15, 0.2) is 5.82 Å². The minimum absolute atomic E-state index is 0.212. The average molecular weight is 347 g/mol. The second-order valence-electron chi connectivity index (χ2n) is 7.52. The number of hydrogen-bond donors (Lipinski definition) is 1. The van der Waals surface area contributed by atoms with E-state index in [-0.39, 0.29) is 5.75 Å². The highest BCUT2D eigenvalue weighted by Crippen LogP contribution is 2.34. The van der Waals surface area contributed by atoms with Gasteiger partial charge < -0.3 is 14.9 Å². The molecule has 0 spiro atoms. The number of anilines is 1. The van der Waals surface area contributed by atoms with E-state index in [1.807, 2.05) is 24.3 Å².